The number of anilines is 1. The molecule has 0 unspecified atom stereocenters. The average Bonchev–Trinajstić information content (AvgIpc) is 2.32. The molecule has 0 spiro atoms. The van der Waals surface area contributed by atoms with Gasteiger partial charge in [0.1, 0.15) is 6.33 Å². The number of aromatic nitrogens is 2. The van der Waals surface area contributed by atoms with Gasteiger partial charge in [0.25, 0.3) is 0 Å². The summed E-state index contributed by atoms with van der Waals surface area (Å²) >= 11 is 0. The summed E-state index contributed by atoms with van der Waals surface area (Å²) in [6.45, 7) is 9.86. The van der Waals surface area contributed by atoms with E-state index in [1.165, 1.54) is 6.33 Å². The first-order valence-electron chi connectivity index (χ1n) is 6.33. The monoisotopic (exact) mass is 254 g/mol. The maximum absolute atomic E-state index is 14.1. The van der Waals surface area contributed by atoms with Crippen molar-refractivity contribution in [1.29, 1.82) is 0 Å². The lowest BCUT2D eigenvalue weighted by Gasteiger charge is -2.32. The molecule has 0 aliphatic carbocycles. The molecule has 1 rings (SSSR count). The number of halogens is 1. The Bertz CT molecular complexity index is 393. The van der Waals surface area contributed by atoms with Gasteiger partial charge in [0.15, 0.2) is 11.6 Å². The molecule has 1 aromatic heterocycles. The molecule has 1 heterocycles. The van der Waals surface area contributed by atoms with Crippen molar-refractivity contribution in [2.75, 3.05) is 24.5 Å². The van der Waals surface area contributed by atoms with E-state index in [-0.39, 0.29) is 11.2 Å². The van der Waals surface area contributed by atoms with E-state index in [9.17, 15) is 4.39 Å². The second-order valence-corrected chi connectivity index (χ2v) is 5.39. The standard InChI is InChI=1S/C13H23FN4/c1-5-6-18(8-13(3,4)7-15)12-11(14)10(2)16-9-17-12/h9H,5-8,15H2,1-4H3. The van der Waals surface area contributed by atoms with Crippen molar-refractivity contribution in [1.82, 2.24) is 9.97 Å². The summed E-state index contributed by atoms with van der Waals surface area (Å²) in [6.07, 6.45) is 2.34. The molecule has 102 valence electrons. The minimum atomic E-state index is -0.334. The smallest absolute Gasteiger partial charge is 0.186 e. The molecule has 0 bridgehead atoms. The van der Waals surface area contributed by atoms with Crippen LogP contribution >= 0.6 is 0 Å². The largest absolute Gasteiger partial charge is 0.354 e. The van der Waals surface area contributed by atoms with Crippen LogP contribution in [0.1, 0.15) is 32.9 Å². The van der Waals surface area contributed by atoms with E-state index in [1.54, 1.807) is 6.92 Å². The van der Waals surface area contributed by atoms with Gasteiger partial charge >= 0.3 is 0 Å². The zero-order valence-electron chi connectivity index (χ0n) is 11.7. The minimum Gasteiger partial charge on any atom is -0.354 e. The van der Waals surface area contributed by atoms with Crippen molar-refractivity contribution in [3.05, 3.63) is 17.8 Å². The van der Waals surface area contributed by atoms with Crippen LogP contribution in [0.15, 0.2) is 6.33 Å². The highest BCUT2D eigenvalue weighted by atomic mass is 19.1. The van der Waals surface area contributed by atoms with E-state index >= 15 is 0 Å². The molecule has 0 aromatic carbocycles. The first-order chi connectivity index (χ1) is 8.41. The summed E-state index contributed by atoms with van der Waals surface area (Å²) < 4.78 is 14.1. The maximum atomic E-state index is 14.1. The van der Waals surface area contributed by atoms with Crippen molar-refractivity contribution in [3.8, 4) is 0 Å². The summed E-state index contributed by atoms with van der Waals surface area (Å²) in [4.78, 5) is 9.89. The van der Waals surface area contributed by atoms with Gasteiger partial charge in [-0.15, -0.1) is 0 Å². The van der Waals surface area contributed by atoms with E-state index in [2.05, 4.69) is 30.7 Å². The fraction of sp³-hybridized carbons (Fsp3) is 0.692. The second kappa shape index (κ2) is 6.09. The highest BCUT2D eigenvalue weighted by Crippen LogP contribution is 2.23. The first kappa shape index (κ1) is 14.8. The van der Waals surface area contributed by atoms with Gasteiger partial charge in [0, 0.05) is 13.1 Å². The number of rotatable bonds is 6. The molecule has 0 fully saturated rings. The Morgan fingerprint density at radius 3 is 2.61 bits per heavy atom. The normalized spacial score (nSPS) is 11.7. The van der Waals surface area contributed by atoms with Gasteiger partial charge in [0.2, 0.25) is 0 Å². The first-order valence-corrected chi connectivity index (χ1v) is 6.33. The van der Waals surface area contributed by atoms with Crippen molar-refractivity contribution >= 4 is 5.82 Å². The molecular formula is C13H23FN4. The van der Waals surface area contributed by atoms with Gasteiger partial charge in [-0.25, -0.2) is 14.4 Å². The molecule has 0 atom stereocenters. The Kier molecular flexibility index (Phi) is 5.02. The van der Waals surface area contributed by atoms with E-state index in [1.807, 2.05) is 4.90 Å². The zero-order valence-corrected chi connectivity index (χ0v) is 11.7. The van der Waals surface area contributed by atoms with Gasteiger partial charge in [-0.1, -0.05) is 20.8 Å². The van der Waals surface area contributed by atoms with Gasteiger partial charge in [-0.2, -0.15) is 0 Å². The van der Waals surface area contributed by atoms with Gasteiger partial charge in [-0.05, 0) is 25.3 Å². The van der Waals surface area contributed by atoms with Crippen LogP contribution in [0.25, 0.3) is 0 Å². The lowest BCUT2D eigenvalue weighted by Crippen LogP contribution is -2.40. The topological polar surface area (TPSA) is 55.0 Å². The third-order valence-electron chi connectivity index (χ3n) is 2.91. The third kappa shape index (κ3) is 3.63. The van der Waals surface area contributed by atoms with E-state index in [0.29, 0.717) is 24.6 Å². The number of nitrogens with zero attached hydrogens (tertiary/aromatic N) is 3. The molecule has 0 aliphatic heterocycles. The van der Waals surface area contributed by atoms with Crippen LogP contribution in [0.2, 0.25) is 0 Å². The van der Waals surface area contributed by atoms with Crippen molar-refractivity contribution < 1.29 is 4.39 Å². The Morgan fingerprint density at radius 1 is 1.39 bits per heavy atom. The van der Waals surface area contributed by atoms with Crippen LogP contribution in [0.3, 0.4) is 0 Å². The molecule has 1 aromatic rings. The molecule has 5 heteroatoms. The summed E-state index contributed by atoms with van der Waals surface area (Å²) in [5, 5.41) is 0. The van der Waals surface area contributed by atoms with Crippen LogP contribution in [0.5, 0.6) is 0 Å². The number of nitrogens with two attached hydrogens (primary N) is 1. The summed E-state index contributed by atoms with van der Waals surface area (Å²) in [7, 11) is 0. The predicted octanol–water partition coefficient (Wildman–Crippen LogP) is 2.13. The minimum absolute atomic E-state index is 0.0690. The Morgan fingerprint density at radius 2 is 2.06 bits per heavy atom. The van der Waals surface area contributed by atoms with Crippen LogP contribution in [0, 0.1) is 18.2 Å². The Balaban J connectivity index is 3.01. The fourth-order valence-electron chi connectivity index (χ4n) is 1.78. The number of aryl methyl sites for hydroxylation is 1. The summed E-state index contributed by atoms with van der Waals surface area (Å²) in [5.41, 5.74) is 6.06. The lowest BCUT2D eigenvalue weighted by molar-refractivity contribution is 0.374. The lowest BCUT2D eigenvalue weighted by atomic mass is 9.93. The molecule has 4 nitrogen and oxygen atoms in total. The second-order valence-electron chi connectivity index (χ2n) is 5.39. The predicted molar refractivity (Wildman–Crippen MR) is 72.1 cm³/mol. The molecule has 2 N–H and O–H groups in total. The quantitative estimate of drug-likeness (QED) is 0.845. The molecule has 0 saturated carbocycles. The highest BCUT2D eigenvalue weighted by Gasteiger charge is 2.23. The summed E-state index contributed by atoms with van der Waals surface area (Å²) in [6, 6.07) is 0. The van der Waals surface area contributed by atoms with Crippen LogP contribution in [-0.2, 0) is 0 Å². The van der Waals surface area contributed by atoms with E-state index < -0.39 is 0 Å². The zero-order chi connectivity index (χ0) is 13.8. The molecule has 0 saturated heterocycles. The third-order valence-corrected chi connectivity index (χ3v) is 2.91. The number of hydrogen-bond acceptors (Lipinski definition) is 4. The fourth-order valence-corrected chi connectivity index (χ4v) is 1.78. The SMILES string of the molecule is CCCN(CC(C)(C)CN)c1ncnc(C)c1F. The van der Waals surface area contributed by atoms with E-state index in [0.717, 1.165) is 13.0 Å². The van der Waals surface area contributed by atoms with Gasteiger partial charge in [-0.3, -0.25) is 0 Å². The van der Waals surface area contributed by atoms with Gasteiger partial charge in [0.05, 0.1) is 5.69 Å². The van der Waals surface area contributed by atoms with Crippen LogP contribution in [0.4, 0.5) is 10.2 Å². The molecular weight excluding hydrogens is 231 g/mol. The van der Waals surface area contributed by atoms with Crippen LogP contribution < -0.4 is 10.6 Å². The van der Waals surface area contributed by atoms with Crippen molar-refractivity contribution in [2.24, 2.45) is 11.1 Å². The molecule has 0 aliphatic rings. The maximum Gasteiger partial charge on any atom is 0.186 e. The van der Waals surface area contributed by atoms with Crippen molar-refractivity contribution in [2.45, 2.75) is 34.1 Å². The molecule has 0 amide bonds. The Hall–Kier alpha value is -1.23. The number of hydrogen-bond donors (Lipinski definition) is 1. The molecule has 18 heavy (non-hydrogen) atoms. The Labute approximate surface area is 108 Å². The average molecular weight is 254 g/mol. The van der Waals surface area contributed by atoms with Crippen molar-refractivity contribution in [3.63, 3.8) is 0 Å². The van der Waals surface area contributed by atoms with Crippen LogP contribution in [-0.4, -0.2) is 29.6 Å². The summed E-state index contributed by atoms with van der Waals surface area (Å²) in [5.74, 6) is 0.0460. The van der Waals surface area contributed by atoms with Gasteiger partial charge < -0.3 is 10.6 Å². The van der Waals surface area contributed by atoms with E-state index in [4.69, 9.17) is 5.73 Å². The molecule has 0 radical (unpaired) electrons. The highest BCUT2D eigenvalue weighted by molar-refractivity contribution is 5.41.